The maximum atomic E-state index is 12.3. The quantitative estimate of drug-likeness (QED) is 0.908. The SMILES string of the molecule is O=C(NCCc1ccccc1)[C@H]1CC(=O)N(c2ccc(Cl)cc2)C1. The molecule has 0 spiro atoms. The lowest BCUT2D eigenvalue weighted by Gasteiger charge is -2.16. The molecule has 124 valence electrons. The van der Waals surface area contributed by atoms with Crippen LogP contribution in [-0.2, 0) is 16.0 Å². The van der Waals surface area contributed by atoms with Crippen LogP contribution in [0.4, 0.5) is 5.69 Å². The van der Waals surface area contributed by atoms with E-state index in [-0.39, 0.29) is 24.2 Å². The van der Waals surface area contributed by atoms with Crippen LogP contribution in [0.5, 0.6) is 0 Å². The third-order valence-corrected chi connectivity index (χ3v) is 4.44. The molecule has 1 aliphatic rings. The molecule has 1 N–H and O–H groups in total. The molecule has 1 heterocycles. The molecule has 0 aliphatic carbocycles. The van der Waals surface area contributed by atoms with E-state index in [1.165, 1.54) is 5.56 Å². The number of halogens is 1. The van der Waals surface area contributed by atoms with Crippen LogP contribution in [0.15, 0.2) is 54.6 Å². The molecule has 2 aromatic rings. The highest BCUT2D eigenvalue weighted by molar-refractivity contribution is 6.30. The van der Waals surface area contributed by atoms with Crippen LogP contribution in [0, 0.1) is 5.92 Å². The number of amides is 2. The lowest BCUT2D eigenvalue weighted by molar-refractivity contribution is -0.126. The van der Waals surface area contributed by atoms with E-state index in [1.54, 1.807) is 29.2 Å². The topological polar surface area (TPSA) is 49.4 Å². The first-order valence-electron chi connectivity index (χ1n) is 8.01. The maximum absolute atomic E-state index is 12.3. The summed E-state index contributed by atoms with van der Waals surface area (Å²) < 4.78 is 0. The van der Waals surface area contributed by atoms with Crippen molar-refractivity contribution in [2.24, 2.45) is 5.92 Å². The number of hydrogen-bond donors (Lipinski definition) is 1. The van der Waals surface area contributed by atoms with E-state index in [4.69, 9.17) is 11.6 Å². The van der Waals surface area contributed by atoms with Gasteiger partial charge in [0.2, 0.25) is 11.8 Å². The Labute approximate surface area is 146 Å². The van der Waals surface area contributed by atoms with Gasteiger partial charge in [-0.2, -0.15) is 0 Å². The fourth-order valence-corrected chi connectivity index (χ4v) is 3.00. The summed E-state index contributed by atoms with van der Waals surface area (Å²) in [6.45, 7) is 0.992. The second-order valence-electron chi connectivity index (χ2n) is 5.91. The van der Waals surface area contributed by atoms with Crippen molar-refractivity contribution >= 4 is 29.1 Å². The molecule has 0 saturated carbocycles. The smallest absolute Gasteiger partial charge is 0.227 e. The number of anilines is 1. The number of carbonyl (C=O) groups is 2. The third kappa shape index (κ3) is 3.95. The summed E-state index contributed by atoms with van der Waals surface area (Å²) >= 11 is 5.87. The molecule has 24 heavy (non-hydrogen) atoms. The zero-order chi connectivity index (χ0) is 16.9. The molecular weight excluding hydrogens is 324 g/mol. The van der Waals surface area contributed by atoms with Crippen LogP contribution in [-0.4, -0.2) is 24.9 Å². The average Bonchev–Trinajstić information content (AvgIpc) is 2.98. The molecule has 1 atom stereocenters. The molecule has 1 saturated heterocycles. The molecule has 1 fully saturated rings. The first kappa shape index (κ1) is 16.5. The van der Waals surface area contributed by atoms with Gasteiger partial charge in [-0.3, -0.25) is 9.59 Å². The minimum absolute atomic E-state index is 0.0273. The Balaban J connectivity index is 1.53. The molecule has 2 aromatic carbocycles. The maximum Gasteiger partial charge on any atom is 0.227 e. The van der Waals surface area contributed by atoms with Crippen LogP contribution in [0.25, 0.3) is 0 Å². The van der Waals surface area contributed by atoms with Crippen molar-refractivity contribution in [2.45, 2.75) is 12.8 Å². The van der Waals surface area contributed by atoms with E-state index in [2.05, 4.69) is 5.32 Å². The summed E-state index contributed by atoms with van der Waals surface area (Å²) in [5.41, 5.74) is 1.96. The molecule has 0 bridgehead atoms. The van der Waals surface area contributed by atoms with E-state index in [0.29, 0.717) is 18.1 Å². The summed E-state index contributed by atoms with van der Waals surface area (Å²) in [6.07, 6.45) is 1.04. The Morgan fingerprint density at radius 1 is 1.12 bits per heavy atom. The predicted octanol–water partition coefficient (Wildman–Crippen LogP) is 3.05. The molecule has 4 nitrogen and oxygen atoms in total. The van der Waals surface area contributed by atoms with Gasteiger partial charge in [-0.15, -0.1) is 0 Å². The molecule has 1 aliphatic heterocycles. The van der Waals surface area contributed by atoms with E-state index in [0.717, 1.165) is 12.1 Å². The molecule has 5 heteroatoms. The Kier molecular flexibility index (Phi) is 5.16. The van der Waals surface area contributed by atoms with Crippen LogP contribution in [0.3, 0.4) is 0 Å². The van der Waals surface area contributed by atoms with Gasteiger partial charge in [-0.1, -0.05) is 41.9 Å². The van der Waals surface area contributed by atoms with Crippen LogP contribution in [0.1, 0.15) is 12.0 Å². The van der Waals surface area contributed by atoms with Gasteiger partial charge in [0, 0.05) is 30.2 Å². The zero-order valence-corrected chi connectivity index (χ0v) is 14.0. The Hall–Kier alpha value is -2.33. The lowest BCUT2D eigenvalue weighted by Crippen LogP contribution is -2.34. The number of rotatable bonds is 5. The van der Waals surface area contributed by atoms with Gasteiger partial charge in [0.05, 0.1) is 5.92 Å². The number of nitrogens with one attached hydrogen (secondary N) is 1. The van der Waals surface area contributed by atoms with Crippen molar-refractivity contribution in [3.63, 3.8) is 0 Å². The van der Waals surface area contributed by atoms with Gasteiger partial charge in [-0.05, 0) is 36.2 Å². The first-order valence-corrected chi connectivity index (χ1v) is 8.39. The van der Waals surface area contributed by atoms with E-state index in [1.807, 2.05) is 30.3 Å². The van der Waals surface area contributed by atoms with Crippen molar-refractivity contribution < 1.29 is 9.59 Å². The predicted molar refractivity (Wildman–Crippen MR) is 95.1 cm³/mol. The van der Waals surface area contributed by atoms with Crippen molar-refractivity contribution in [3.05, 3.63) is 65.2 Å². The second-order valence-corrected chi connectivity index (χ2v) is 6.34. The van der Waals surface area contributed by atoms with Gasteiger partial charge in [0.25, 0.3) is 0 Å². The van der Waals surface area contributed by atoms with Crippen LogP contribution in [0.2, 0.25) is 5.02 Å². The molecule has 3 rings (SSSR count). The minimum Gasteiger partial charge on any atom is -0.355 e. The van der Waals surface area contributed by atoms with Gasteiger partial charge < -0.3 is 10.2 Å². The molecule has 0 unspecified atom stereocenters. The highest BCUT2D eigenvalue weighted by atomic mass is 35.5. The van der Waals surface area contributed by atoms with Gasteiger partial charge in [0.15, 0.2) is 0 Å². The average molecular weight is 343 g/mol. The largest absolute Gasteiger partial charge is 0.355 e. The third-order valence-electron chi connectivity index (χ3n) is 4.19. The Morgan fingerprint density at radius 2 is 1.83 bits per heavy atom. The Bertz CT molecular complexity index is 716. The van der Waals surface area contributed by atoms with Gasteiger partial charge in [0.1, 0.15) is 0 Å². The molecule has 0 radical (unpaired) electrons. The standard InChI is InChI=1S/C19H19ClN2O2/c20-16-6-8-17(9-7-16)22-13-15(12-18(22)23)19(24)21-11-10-14-4-2-1-3-5-14/h1-9,15H,10-13H2,(H,21,24)/t15-/m0/s1. The fourth-order valence-electron chi connectivity index (χ4n) is 2.87. The second kappa shape index (κ2) is 7.49. The molecule has 0 aromatic heterocycles. The van der Waals surface area contributed by atoms with E-state index in [9.17, 15) is 9.59 Å². The Morgan fingerprint density at radius 3 is 2.54 bits per heavy atom. The summed E-state index contributed by atoms with van der Waals surface area (Å²) in [6, 6.07) is 17.1. The summed E-state index contributed by atoms with van der Waals surface area (Å²) in [5.74, 6) is -0.389. The van der Waals surface area contributed by atoms with Crippen LogP contribution >= 0.6 is 11.6 Å². The van der Waals surface area contributed by atoms with Crippen molar-refractivity contribution in [3.8, 4) is 0 Å². The fraction of sp³-hybridized carbons (Fsp3) is 0.263. The first-order chi connectivity index (χ1) is 11.6. The van der Waals surface area contributed by atoms with E-state index >= 15 is 0 Å². The minimum atomic E-state index is -0.302. The van der Waals surface area contributed by atoms with E-state index < -0.39 is 0 Å². The number of carbonyl (C=O) groups excluding carboxylic acids is 2. The summed E-state index contributed by atoms with van der Waals surface area (Å²) in [4.78, 5) is 26.1. The number of benzene rings is 2. The van der Waals surface area contributed by atoms with Crippen molar-refractivity contribution in [2.75, 3.05) is 18.0 Å². The number of hydrogen-bond acceptors (Lipinski definition) is 2. The molecular formula is C19H19ClN2O2. The van der Waals surface area contributed by atoms with Crippen LogP contribution < -0.4 is 10.2 Å². The zero-order valence-electron chi connectivity index (χ0n) is 13.2. The van der Waals surface area contributed by atoms with Crippen molar-refractivity contribution in [1.29, 1.82) is 0 Å². The molecule has 2 amide bonds. The van der Waals surface area contributed by atoms with Gasteiger partial charge in [-0.25, -0.2) is 0 Å². The highest BCUT2D eigenvalue weighted by Gasteiger charge is 2.34. The normalized spacial score (nSPS) is 17.1. The summed E-state index contributed by atoms with van der Waals surface area (Å²) in [5, 5.41) is 3.56. The summed E-state index contributed by atoms with van der Waals surface area (Å²) in [7, 11) is 0. The highest BCUT2D eigenvalue weighted by Crippen LogP contribution is 2.26. The monoisotopic (exact) mass is 342 g/mol. The number of nitrogens with zero attached hydrogens (tertiary/aromatic N) is 1. The lowest BCUT2D eigenvalue weighted by atomic mass is 10.1. The van der Waals surface area contributed by atoms with Gasteiger partial charge >= 0.3 is 0 Å². The van der Waals surface area contributed by atoms with Crippen molar-refractivity contribution in [1.82, 2.24) is 5.32 Å².